The molecule has 0 spiro atoms. The monoisotopic (exact) mass is 218 g/mol. The Bertz CT molecular complexity index is 137. The first-order valence-corrected chi connectivity index (χ1v) is 5.87. The van der Waals surface area contributed by atoms with E-state index >= 15 is 0 Å². The molecular formula is C11H26N2O2. The fraction of sp³-hybridized carbons (Fsp3) is 1.00. The van der Waals surface area contributed by atoms with Gasteiger partial charge in [-0.1, -0.05) is 20.8 Å². The Balaban J connectivity index is 3.89. The van der Waals surface area contributed by atoms with Crippen LogP contribution >= 0.6 is 0 Å². The lowest BCUT2D eigenvalue weighted by Crippen LogP contribution is -2.53. The predicted molar refractivity (Wildman–Crippen MR) is 63.0 cm³/mol. The molecule has 0 aliphatic heterocycles. The van der Waals surface area contributed by atoms with Crippen molar-refractivity contribution in [2.45, 2.75) is 32.7 Å². The Morgan fingerprint density at radius 2 is 1.60 bits per heavy atom. The van der Waals surface area contributed by atoms with Crippen LogP contribution in [0.1, 0.15) is 27.2 Å². The minimum atomic E-state index is -0.507. The number of likely N-dealkylation sites (N-methyl/N-ethyl adjacent to an activating group) is 1. The molecule has 0 bridgehead atoms. The summed E-state index contributed by atoms with van der Waals surface area (Å²) in [5.41, 5.74) is -0.507. The summed E-state index contributed by atoms with van der Waals surface area (Å²) < 4.78 is 0. The second-order valence-corrected chi connectivity index (χ2v) is 3.90. The third-order valence-electron chi connectivity index (χ3n) is 3.10. The highest BCUT2D eigenvalue weighted by Gasteiger charge is 2.25. The average molecular weight is 218 g/mol. The van der Waals surface area contributed by atoms with Crippen LogP contribution in [0.4, 0.5) is 0 Å². The smallest absolute Gasteiger partial charge is 0.0645 e. The maximum Gasteiger partial charge on any atom is 0.0645 e. The van der Waals surface area contributed by atoms with Crippen molar-refractivity contribution in [1.29, 1.82) is 0 Å². The second kappa shape index (κ2) is 8.05. The van der Waals surface area contributed by atoms with Crippen LogP contribution in [-0.4, -0.2) is 60.0 Å². The van der Waals surface area contributed by atoms with Gasteiger partial charge in [-0.05, 0) is 19.5 Å². The Kier molecular flexibility index (Phi) is 7.96. The molecule has 0 aromatic rings. The highest BCUT2D eigenvalue weighted by molar-refractivity contribution is 4.85. The Morgan fingerprint density at radius 3 is 1.93 bits per heavy atom. The molecule has 0 saturated carbocycles. The number of nitrogens with one attached hydrogen (secondary N) is 1. The molecular weight excluding hydrogens is 192 g/mol. The summed E-state index contributed by atoms with van der Waals surface area (Å²) in [5, 5.41) is 21.7. The summed E-state index contributed by atoms with van der Waals surface area (Å²) >= 11 is 0. The lowest BCUT2D eigenvalue weighted by molar-refractivity contribution is 0.0853. The average Bonchev–Trinajstić information content (AvgIpc) is 2.31. The van der Waals surface area contributed by atoms with Crippen molar-refractivity contribution >= 4 is 0 Å². The lowest BCUT2D eigenvalue weighted by atomic mass is 9.98. The number of rotatable bonds is 9. The summed E-state index contributed by atoms with van der Waals surface area (Å²) in [6, 6.07) is 0. The predicted octanol–water partition coefficient (Wildman–Crippen LogP) is 0.0512. The highest BCUT2D eigenvalue weighted by Crippen LogP contribution is 2.07. The fourth-order valence-electron chi connectivity index (χ4n) is 1.53. The van der Waals surface area contributed by atoms with Gasteiger partial charge in [-0.3, -0.25) is 0 Å². The summed E-state index contributed by atoms with van der Waals surface area (Å²) in [6.45, 7) is 10.0. The van der Waals surface area contributed by atoms with Gasteiger partial charge in [0.2, 0.25) is 0 Å². The zero-order valence-electron chi connectivity index (χ0n) is 10.3. The molecule has 0 radical (unpaired) electrons. The van der Waals surface area contributed by atoms with Gasteiger partial charge in [-0.15, -0.1) is 0 Å². The first-order valence-electron chi connectivity index (χ1n) is 5.87. The Hall–Kier alpha value is -0.160. The quantitative estimate of drug-likeness (QED) is 0.512. The molecule has 3 N–H and O–H groups in total. The summed E-state index contributed by atoms with van der Waals surface area (Å²) in [5.74, 6) is 0. The molecule has 0 unspecified atom stereocenters. The van der Waals surface area contributed by atoms with E-state index in [1.807, 2.05) is 6.92 Å². The van der Waals surface area contributed by atoms with E-state index in [1.165, 1.54) is 0 Å². The van der Waals surface area contributed by atoms with Gasteiger partial charge in [-0.2, -0.15) is 0 Å². The molecule has 92 valence electrons. The molecule has 4 heteroatoms. The van der Waals surface area contributed by atoms with E-state index in [1.54, 1.807) is 0 Å². The van der Waals surface area contributed by atoms with Crippen molar-refractivity contribution < 1.29 is 10.2 Å². The number of aliphatic hydroxyl groups is 2. The molecule has 0 atom stereocenters. The third-order valence-corrected chi connectivity index (χ3v) is 3.10. The van der Waals surface area contributed by atoms with Crippen molar-refractivity contribution in [3.8, 4) is 0 Å². The van der Waals surface area contributed by atoms with Crippen molar-refractivity contribution in [1.82, 2.24) is 10.2 Å². The van der Waals surface area contributed by atoms with Gasteiger partial charge >= 0.3 is 0 Å². The van der Waals surface area contributed by atoms with Gasteiger partial charge < -0.3 is 20.4 Å². The van der Waals surface area contributed by atoms with Crippen LogP contribution in [0, 0.1) is 0 Å². The van der Waals surface area contributed by atoms with E-state index < -0.39 is 5.54 Å². The van der Waals surface area contributed by atoms with E-state index in [9.17, 15) is 10.2 Å². The van der Waals surface area contributed by atoms with E-state index in [4.69, 9.17) is 0 Å². The standard InChI is InChI=1S/C11H26N2O2/c1-4-11(9-14,10-15)12-7-8-13(5-2)6-3/h12,14-15H,4-10H2,1-3H3. The van der Waals surface area contributed by atoms with Crippen LogP contribution in [-0.2, 0) is 0 Å². The Morgan fingerprint density at radius 1 is 1.07 bits per heavy atom. The first kappa shape index (κ1) is 14.8. The molecule has 0 aliphatic carbocycles. The molecule has 0 aromatic carbocycles. The first-order chi connectivity index (χ1) is 7.17. The normalized spacial score (nSPS) is 12.4. The Labute approximate surface area is 93.3 Å². The lowest BCUT2D eigenvalue weighted by Gasteiger charge is -2.31. The van der Waals surface area contributed by atoms with Gasteiger partial charge in [0.25, 0.3) is 0 Å². The zero-order valence-corrected chi connectivity index (χ0v) is 10.3. The second-order valence-electron chi connectivity index (χ2n) is 3.90. The summed E-state index contributed by atoms with van der Waals surface area (Å²) in [6.07, 6.45) is 0.734. The van der Waals surface area contributed by atoms with Crippen molar-refractivity contribution in [2.24, 2.45) is 0 Å². The molecule has 15 heavy (non-hydrogen) atoms. The largest absolute Gasteiger partial charge is 0.394 e. The number of aliphatic hydroxyl groups excluding tert-OH is 2. The van der Waals surface area contributed by atoms with Crippen LogP contribution in [0.25, 0.3) is 0 Å². The number of hydrogen-bond acceptors (Lipinski definition) is 4. The van der Waals surface area contributed by atoms with Crippen molar-refractivity contribution in [3.05, 3.63) is 0 Å². The molecule has 4 nitrogen and oxygen atoms in total. The highest BCUT2D eigenvalue weighted by atomic mass is 16.3. The van der Waals surface area contributed by atoms with E-state index in [0.29, 0.717) is 0 Å². The molecule has 0 aliphatic rings. The SMILES string of the molecule is CCN(CC)CCNC(CC)(CO)CO. The maximum atomic E-state index is 9.22. The maximum absolute atomic E-state index is 9.22. The van der Waals surface area contributed by atoms with Gasteiger partial charge in [0, 0.05) is 13.1 Å². The molecule has 0 amide bonds. The fourth-order valence-corrected chi connectivity index (χ4v) is 1.53. The van der Waals surface area contributed by atoms with Crippen LogP contribution in [0.15, 0.2) is 0 Å². The van der Waals surface area contributed by atoms with Crippen LogP contribution in [0.2, 0.25) is 0 Å². The van der Waals surface area contributed by atoms with E-state index in [-0.39, 0.29) is 13.2 Å². The number of nitrogens with zero attached hydrogens (tertiary/aromatic N) is 1. The minimum Gasteiger partial charge on any atom is -0.394 e. The van der Waals surface area contributed by atoms with E-state index in [2.05, 4.69) is 24.1 Å². The minimum absolute atomic E-state index is 0.0156. The van der Waals surface area contributed by atoms with Crippen molar-refractivity contribution in [2.75, 3.05) is 39.4 Å². The van der Waals surface area contributed by atoms with Crippen LogP contribution in [0.5, 0.6) is 0 Å². The topological polar surface area (TPSA) is 55.7 Å². The molecule has 0 rings (SSSR count). The molecule has 0 fully saturated rings. The third kappa shape index (κ3) is 4.93. The van der Waals surface area contributed by atoms with Crippen LogP contribution in [0.3, 0.4) is 0 Å². The van der Waals surface area contributed by atoms with E-state index in [0.717, 1.165) is 32.6 Å². The molecule has 0 aromatic heterocycles. The van der Waals surface area contributed by atoms with Gasteiger partial charge in [-0.25, -0.2) is 0 Å². The van der Waals surface area contributed by atoms with Gasteiger partial charge in [0.15, 0.2) is 0 Å². The number of hydrogen-bond donors (Lipinski definition) is 3. The van der Waals surface area contributed by atoms with Gasteiger partial charge in [0.1, 0.15) is 0 Å². The van der Waals surface area contributed by atoms with Crippen molar-refractivity contribution in [3.63, 3.8) is 0 Å². The molecule has 0 heterocycles. The molecule has 0 saturated heterocycles. The van der Waals surface area contributed by atoms with Gasteiger partial charge in [0.05, 0.1) is 18.8 Å². The zero-order chi connectivity index (χ0) is 11.7. The summed E-state index contributed by atoms with van der Waals surface area (Å²) in [4.78, 5) is 2.31. The summed E-state index contributed by atoms with van der Waals surface area (Å²) in [7, 11) is 0. The van der Waals surface area contributed by atoms with Crippen LogP contribution < -0.4 is 5.32 Å².